The van der Waals surface area contributed by atoms with Crippen LogP contribution >= 0.6 is 15.9 Å². The fourth-order valence-electron chi connectivity index (χ4n) is 3.16. The van der Waals surface area contributed by atoms with E-state index in [4.69, 9.17) is 5.73 Å². The van der Waals surface area contributed by atoms with Gasteiger partial charge in [-0.1, -0.05) is 28.9 Å². The van der Waals surface area contributed by atoms with E-state index in [1.165, 1.54) is 5.56 Å². The molecule has 5 heteroatoms. The zero-order chi connectivity index (χ0) is 15.0. The summed E-state index contributed by atoms with van der Waals surface area (Å²) in [5.74, 6) is 0.0764. The van der Waals surface area contributed by atoms with E-state index in [0.717, 1.165) is 35.0 Å². The summed E-state index contributed by atoms with van der Waals surface area (Å²) in [6, 6.07) is 8.19. The van der Waals surface area contributed by atoms with Gasteiger partial charge in [-0.3, -0.25) is 14.7 Å². The van der Waals surface area contributed by atoms with Crippen molar-refractivity contribution in [3.8, 4) is 0 Å². The number of carbonyl (C=O) groups excluding carboxylic acids is 1. The van der Waals surface area contributed by atoms with Crippen LogP contribution in [0.1, 0.15) is 12.5 Å². The Bertz CT molecular complexity index is 688. The van der Waals surface area contributed by atoms with Gasteiger partial charge in [0.25, 0.3) is 0 Å². The van der Waals surface area contributed by atoms with E-state index in [2.05, 4.69) is 50.9 Å². The average molecular weight is 348 g/mol. The first-order chi connectivity index (χ1) is 10.0. The summed E-state index contributed by atoms with van der Waals surface area (Å²) in [5, 5.41) is 1.13. The number of carbonyl (C=O) groups is 1. The summed E-state index contributed by atoms with van der Waals surface area (Å²) < 4.78 is 1.05. The van der Waals surface area contributed by atoms with Gasteiger partial charge in [0, 0.05) is 35.7 Å². The van der Waals surface area contributed by atoms with Gasteiger partial charge in [-0.25, -0.2) is 0 Å². The molecule has 0 radical (unpaired) electrons. The number of halogens is 1. The number of primary amides is 1. The van der Waals surface area contributed by atoms with E-state index in [1.807, 2.05) is 12.3 Å². The Kier molecular flexibility index (Phi) is 3.95. The van der Waals surface area contributed by atoms with E-state index in [-0.39, 0.29) is 11.8 Å². The van der Waals surface area contributed by atoms with Crippen LogP contribution < -0.4 is 5.73 Å². The molecule has 21 heavy (non-hydrogen) atoms. The van der Waals surface area contributed by atoms with Crippen molar-refractivity contribution in [2.24, 2.45) is 17.6 Å². The summed E-state index contributed by atoms with van der Waals surface area (Å²) in [6.07, 6.45) is 1.82. The molecule has 1 amide bonds. The average Bonchev–Trinajstić information content (AvgIpc) is 2.79. The van der Waals surface area contributed by atoms with Crippen molar-refractivity contribution in [1.82, 2.24) is 9.88 Å². The highest BCUT2D eigenvalue weighted by Crippen LogP contribution is 2.28. The third-order valence-corrected chi connectivity index (χ3v) is 4.65. The van der Waals surface area contributed by atoms with E-state index < -0.39 is 0 Å². The first-order valence-electron chi connectivity index (χ1n) is 7.09. The first kappa shape index (κ1) is 14.5. The predicted molar refractivity (Wildman–Crippen MR) is 86.6 cm³/mol. The van der Waals surface area contributed by atoms with Gasteiger partial charge < -0.3 is 5.73 Å². The minimum atomic E-state index is -0.192. The molecule has 1 fully saturated rings. The van der Waals surface area contributed by atoms with E-state index in [0.29, 0.717) is 5.92 Å². The fraction of sp³-hybridized carbons (Fsp3) is 0.375. The highest BCUT2D eigenvalue weighted by atomic mass is 79.9. The number of hydrogen-bond acceptors (Lipinski definition) is 3. The van der Waals surface area contributed by atoms with Crippen molar-refractivity contribution >= 4 is 32.7 Å². The zero-order valence-electron chi connectivity index (χ0n) is 11.9. The topological polar surface area (TPSA) is 59.2 Å². The second-order valence-corrected chi connectivity index (χ2v) is 6.74. The van der Waals surface area contributed by atoms with Gasteiger partial charge in [0.2, 0.25) is 5.91 Å². The van der Waals surface area contributed by atoms with Crippen LogP contribution in [0.15, 0.2) is 34.9 Å². The van der Waals surface area contributed by atoms with Crippen LogP contribution in [0.2, 0.25) is 0 Å². The third kappa shape index (κ3) is 2.94. The Labute approximate surface area is 132 Å². The molecule has 1 aromatic heterocycles. The van der Waals surface area contributed by atoms with Gasteiger partial charge in [0.1, 0.15) is 0 Å². The van der Waals surface area contributed by atoms with Crippen LogP contribution in [0, 0.1) is 11.8 Å². The molecule has 0 saturated carbocycles. The lowest BCUT2D eigenvalue weighted by molar-refractivity contribution is -0.122. The number of amides is 1. The van der Waals surface area contributed by atoms with E-state index in [1.54, 1.807) is 0 Å². The number of hydrogen-bond donors (Lipinski definition) is 1. The van der Waals surface area contributed by atoms with Crippen LogP contribution in [0.25, 0.3) is 10.9 Å². The molecule has 2 atom stereocenters. The minimum Gasteiger partial charge on any atom is -0.369 e. The van der Waals surface area contributed by atoms with E-state index >= 15 is 0 Å². The number of pyridine rings is 1. The third-order valence-electron chi connectivity index (χ3n) is 4.20. The maximum Gasteiger partial charge on any atom is 0.222 e. The van der Waals surface area contributed by atoms with Crippen LogP contribution in [0.3, 0.4) is 0 Å². The Morgan fingerprint density at radius 2 is 2.29 bits per heavy atom. The predicted octanol–water partition coefficient (Wildman–Crippen LogP) is 2.55. The molecule has 1 aromatic carbocycles. The largest absolute Gasteiger partial charge is 0.369 e. The molecule has 0 spiro atoms. The SMILES string of the molecule is C[C@@H]1CN(Cc2cc(Br)cc3cccnc23)C[C@H]1C(N)=O. The van der Waals surface area contributed by atoms with Crippen molar-refractivity contribution < 1.29 is 4.79 Å². The molecule has 2 heterocycles. The maximum atomic E-state index is 11.5. The van der Waals surface area contributed by atoms with Crippen molar-refractivity contribution in [2.75, 3.05) is 13.1 Å². The molecule has 0 bridgehead atoms. The summed E-state index contributed by atoms with van der Waals surface area (Å²) >= 11 is 3.56. The Hall–Kier alpha value is -1.46. The normalized spacial score (nSPS) is 22.8. The molecule has 2 aromatic rings. The number of nitrogens with two attached hydrogens (primary N) is 1. The Morgan fingerprint density at radius 3 is 3.00 bits per heavy atom. The number of fused-ring (bicyclic) bond motifs is 1. The summed E-state index contributed by atoms with van der Waals surface area (Å²) in [5.41, 5.74) is 7.67. The first-order valence-corrected chi connectivity index (χ1v) is 7.88. The van der Waals surface area contributed by atoms with Crippen LogP contribution in [-0.4, -0.2) is 28.9 Å². The van der Waals surface area contributed by atoms with Crippen molar-refractivity contribution in [3.05, 3.63) is 40.5 Å². The summed E-state index contributed by atoms with van der Waals surface area (Å²) in [4.78, 5) is 18.2. The quantitative estimate of drug-likeness (QED) is 0.927. The zero-order valence-corrected chi connectivity index (χ0v) is 13.5. The Balaban J connectivity index is 1.87. The minimum absolute atomic E-state index is 0.0450. The van der Waals surface area contributed by atoms with Gasteiger partial charge in [0.05, 0.1) is 11.4 Å². The van der Waals surface area contributed by atoms with Crippen molar-refractivity contribution in [1.29, 1.82) is 0 Å². The van der Waals surface area contributed by atoms with Gasteiger partial charge in [-0.05, 0) is 29.7 Å². The number of aromatic nitrogens is 1. The highest BCUT2D eigenvalue weighted by molar-refractivity contribution is 9.10. The molecule has 1 aliphatic heterocycles. The van der Waals surface area contributed by atoms with Crippen LogP contribution in [0.4, 0.5) is 0 Å². The molecule has 0 aliphatic carbocycles. The molecule has 110 valence electrons. The van der Waals surface area contributed by atoms with E-state index in [9.17, 15) is 4.79 Å². The van der Waals surface area contributed by atoms with Crippen LogP contribution in [0.5, 0.6) is 0 Å². The van der Waals surface area contributed by atoms with Crippen molar-refractivity contribution in [3.63, 3.8) is 0 Å². The lowest BCUT2D eigenvalue weighted by Gasteiger charge is -2.17. The van der Waals surface area contributed by atoms with Gasteiger partial charge in [0.15, 0.2) is 0 Å². The number of likely N-dealkylation sites (tertiary alicyclic amines) is 1. The highest BCUT2D eigenvalue weighted by Gasteiger charge is 2.33. The number of nitrogens with zero attached hydrogens (tertiary/aromatic N) is 2. The summed E-state index contributed by atoms with van der Waals surface area (Å²) in [6.45, 7) is 4.51. The summed E-state index contributed by atoms with van der Waals surface area (Å²) in [7, 11) is 0. The van der Waals surface area contributed by atoms with Crippen molar-refractivity contribution in [2.45, 2.75) is 13.5 Å². The maximum absolute atomic E-state index is 11.5. The number of rotatable bonds is 3. The molecular weight excluding hydrogens is 330 g/mol. The van der Waals surface area contributed by atoms with Gasteiger partial charge in [-0.2, -0.15) is 0 Å². The lowest BCUT2D eigenvalue weighted by Crippen LogP contribution is -2.29. The monoisotopic (exact) mass is 347 g/mol. The lowest BCUT2D eigenvalue weighted by atomic mass is 9.98. The molecular formula is C16H18BrN3O. The molecule has 3 rings (SSSR count). The Morgan fingerprint density at radius 1 is 1.48 bits per heavy atom. The fourth-order valence-corrected chi connectivity index (χ4v) is 3.68. The molecule has 1 aliphatic rings. The van der Waals surface area contributed by atoms with Gasteiger partial charge in [-0.15, -0.1) is 0 Å². The smallest absolute Gasteiger partial charge is 0.222 e. The molecule has 0 unspecified atom stereocenters. The second kappa shape index (κ2) is 5.73. The molecule has 2 N–H and O–H groups in total. The second-order valence-electron chi connectivity index (χ2n) is 5.82. The molecule has 4 nitrogen and oxygen atoms in total. The number of benzene rings is 1. The van der Waals surface area contributed by atoms with Gasteiger partial charge >= 0.3 is 0 Å². The molecule has 1 saturated heterocycles. The standard InChI is InChI=1S/C16H18BrN3O/c1-10-7-20(9-14(10)16(18)21)8-12-6-13(17)5-11-3-2-4-19-15(11)12/h2-6,10,14H,7-9H2,1H3,(H2,18,21)/t10-,14-/m1/s1. The van der Waals surface area contributed by atoms with Crippen LogP contribution in [-0.2, 0) is 11.3 Å².